The largest absolute Gasteiger partial charge is 0.481 e. The number of rotatable bonds is 4. The van der Waals surface area contributed by atoms with Gasteiger partial charge in [0.2, 0.25) is 11.7 Å². The molecule has 0 saturated carbocycles. The van der Waals surface area contributed by atoms with Gasteiger partial charge >= 0.3 is 5.97 Å². The molecule has 0 saturated heterocycles. The number of carboxylic acids is 1. The van der Waals surface area contributed by atoms with E-state index in [1.807, 2.05) is 0 Å². The molecule has 18 heavy (non-hydrogen) atoms. The maximum atomic E-state index is 10.4. The van der Waals surface area contributed by atoms with Gasteiger partial charge in [-0.3, -0.25) is 4.79 Å². The minimum absolute atomic E-state index is 0.0358. The van der Waals surface area contributed by atoms with Gasteiger partial charge in [0.1, 0.15) is 0 Å². The van der Waals surface area contributed by atoms with E-state index in [1.165, 1.54) is 0 Å². The van der Waals surface area contributed by atoms with Crippen LogP contribution in [0.25, 0.3) is 11.4 Å². The highest BCUT2D eigenvalue weighted by molar-refractivity contribution is 9.10. The van der Waals surface area contributed by atoms with Crippen LogP contribution in [0.3, 0.4) is 0 Å². The summed E-state index contributed by atoms with van der Waals surface area (Å²) in [6.07, 6.45) is 0.184. The van der Waals surface area contributed by atoms with Crippen molar-refractivity contribution in [2.45, 2.75) is 12.8 Å². The fourth-order valence-electron chi connectivity index (χ4n) is 1.32. The molecule has 0 fully saturated rings. The molecule has 0 atom stereocenters. The summed E-state index contributed by atoms with van der Waals surface area (Å²) in [5.41, 5.74) is 0.747. The molecule has 0 unspecified atom stereocenters. The first-order valence-corrected chi connectivity index (χ1v) is 6.23. The Morgan fingerprint density at radius 1 is 1.50 bits per heavy atom. The minimum Gasteiger partial charge on any atom is -0.481 e. The second-order valence-electron chi connectivity index (χ2n) is 3.53. The van der Waals surface area contributed by atoms with Gasteiger partial charge in [-0.15, -0.1) is 0 Å². The average Bonchev–Trinajstić information content (AvgIpc) is 2.79. The van der Waals surface area contributed by atoms with Crippen molar-refractivity contribution >= 4 is 33.5 Å². The summed E-state index contributed by atoms with van der Waals surface area (Å²) in [7, 11) is 0. The van der Waals surface area contributed by atoms with Crippen LogP contribution in [0, 0.1) is 0 Å². The summed E-state index contributed by atoms with van der Waals surface area (Å²) in [6, 6.07) is 5.25. The summed E-state index contributed by atoms with van der Waals surface area (Å²) in [5.74, 6) is -0.185. The van der Waals surface area contributed by atoms with Crippen molar-refractivity contribution in [2.75, 3.05) is 0 Å². The third-order valence-corrected chi connectivity index (χ3v) is 3.41. The number of halogens is 2. The van der Waals surface area contributed by atoms with Gasteiger partial charge in [0.05, 0.1) is 11.4 Å². The van der Waals surface area contributed by atoms with E-state index < -0.39 is 5.97 Å². The van der Waals surface area contributed by atoms with Gasteiger partial charge in [0, 0.05) is 16.5 Å². The van der Waals surface area contributed by atoms with Crippen LogP contribution in [-0.2, 0) is 11.2 Å². The highest BCUT2D eigenvalue weighted by Crippen LogP contribution is 2.27. The summed E-state index contributed by atoms with van der Waals surface area (Å²) in [6.45, 7) is 0. The van der Waals surface area contributed by atoms with Gasteiger partial charge in [0.15, 0.2) is 0 Å². The van der Waals surface area contributed by atoms with Crippen molar-refractivity contribution in [3.8, 4) is 11.4 Å². The van der Waals surface area contributed by atoms with E-state index in [2.05, 4.69) is 26.1 Å². The molecule has 0 radical (unpaired) electrons. The average molecular weight is 332 g/mol. The second-order valence-corrected chi connectivity index (χ2v) is 4.80. The van der Waals surface area contributed by atoms with E-state index in [4.69, 9.17) is 21.2 Å². The topological polar surface area (TPSA) is 76.2 Å². The first kappa shape index (κ1) is 13.0. The SMILES string of the molecule is O=C(O)CCc1nc(-c2ccc(Cl)c(Br)c2)no1. The molecular formula is C11H8BrClN2O3. The van der Waals surface area contributed by atoms with E-state index in [1.54, 1.807) is 18.2 Å². The van der Waals surface area contributed by atoms with Crippen LogP contribution < -0.4 is 0 Å². The number of nitrogens with zero attached hydrogens (tertiary/aromatic N) is 2. The van der Waals surface area contributed by atoms with Gasteiger partial charge in [-0.25, -0.2) is 0 Å². The van der Waals surface area contributed by atoms with Crippen molar-refractivity contribution in [1.29, 1.82) is 0 Å². The first-order valence-electron chi connectivity index (χ1n) is 5.06. The van der Waals surface area contributed by atoms with E-state index in [0.29, 0.717) is 16.7 Å². The van der Waals surface area contributed by atoms with Gasteiger partial charge in [-0.1, -0.05) is 16.8 Å². The molecule has 5 nitrogen and oxygen atoms in total. The maximum Gasteiger partial charge on any atom is 0.303 e. The zero-order valence-electron chi connectivity index (χ0n) is 9.06. The zero-order valence-corrected chi connectivity index (χ0v) is 11.4. The van der Waals surface area contributed by atoms with Crippen LogP contribution in [-0.4, -0.2) is 21.2 Å². The number of carbonyl (C=O) groups is 1. The Bertz CT molecular complexity index is 585. The molecule has 1 aromatic heterocycles. The number of hydrogen-bond donors (Lipinski definition) is 1. The summed E-state index contributed by atoms with van der Waals surface area (Å²) < 4.78 is 5.70. The van der Waals surface area contributed by atoms with Gasteiger partial charge < -0.3 is 9.63 Å². The maximum absolute atomic E-state index is 10.4. The molecule has 7 heteroatoms. The third kappa shape index (κ3) is 3.08. The molecule has 0 bridgehead atoms. The molecule has 1 heterocycles. The number of hydrogen-bond acceptors (Lipinski definition) is 4. The Balaban J connectivity index is 2.18. The molecule has 2 aromatic rings. The molecule has 2 rings (SSSR count). The first-order chi connectivity index (χ1) is 8.56. The van der Waals surface area contributed by atoms with Crippen LogP contribution in [0.4, 0.5) is 0 Å². The quantitative estimate of drug-likeness (QED) is 0.931. The lowest BCUT2D eigenvalue weighted by Crippen LogP contribution is -1.97. The fourth-order valence-corrected chi connectivity index (χ4v) is 1.82. The van der Waals surface area contributed by atoms with Crippen molar-refractivity contribution in [2.24, 2.45) is 0 Å². The Labute approximate surface area is 116 Å². The Morgan fingerprint density at radius 2 is 2.28 bits per heavy atom. The fraction of sp³-hybridized carbons (Fsp3) is 0.182. The highest BCUT2D eigenvalue weighted by Gasteiger charge is 2.11. The lowest BCUT2D eigenvalue weighted by Gasteiger charge is -1.97. The predicted octanol–water partition coefficient (Wildman–Crippen LogP) is 3.17. The Morgan fingerprint density at radius 3 is 2.94 bits per heavy atom. The lowest BCUT2D eigenvalue weighted by atomic mass is 10.2. The number of carboxylic acid groups (broad SMARTS) is 1. The number of aryl methyl sites for hydroxylation is 1. The van der Waals surface area contributed by atoms with E-state index >= 15 is 0 Å². The van der Waals surface area contributed by atoms with Crippen LogP contribution in [0.1, 0.15) is 12.3 Å². The molecule has 0 spiro atoms. The van der Waals surface area contributed by atoms with Crippen LogP contribution in [0.15, 0.2) is 27.2 Å². The van der Waals surface area contributed by atoms with E-state index in [0.717, 1.165) is 10.0 Å². The molecule has 1 aromatic carbocycles. The number of benzene rings is 1. The Hall–Kier alpha value is -1.40. The van der Waals surface area contributed by atoms with E-state index in [9.17, 15) is 4.79 Å². The van der Waals surface area contributed by atoms with Gasteiger partial charge in [0.25, 0.3) is 0 Å². The summed E-state index contributed by atoms with van der Waals surface area (Å²) >= 11 is 9.19. The monoisotopic (exact) mass is 330 g/mol. The summed E-state index contributed by atoms with van der Waals surface area (Å²) in [4.78, 5) is 14.5. The van der Waals surface area contributed by atoms with Gasteiger partial charge in [-0.2, -0.15) is 4.98 Å². The molecule has 0 aliphatic rings. The summed E-state index contributed by atoms with van der Waals surface area (Å²) in [5, 5.41) is 12.9. The van der Waals surface area contributed by atoms with Crippen LogP contribution in [0.2, 0.25) is 5.02 Å². The lowest BCUT2D eigenvalue weighted by molar-refractivity contribution is -0.137. The smallest absolute Gasteiger partial charge is 0.303 e. The molecular weight excluding hydrogens is 323 g/mol. The molecule has 0 amide bonds. The number of aliphatic carboxylic acids is 1. The molecule has 1 N–H and O–H groups in total. The molecule has 94 valence electrons. The molecule has 0 aliphatic heterocycles. The minimum atomic E-state index is -0.899. The van der Waals surface area contributed by atoms with Crippen molar-refractivity contribution in [3.63, 3.8) is 0 Å². The highest BCUT2D eigenvalue weighted by atomic mass is 79.9. The second kappa shape index (κ2) is 5.49. The predicted molar refractivity (Wildman–Crippen MR) is 68.4 cm³/mol. The number of aromatic nitrogens is 2. The third-order valence-electron chi connectivity index (χ3n) is 2.20. The van der Waals surface area contributed by atoms with Gasteiger partial charge in [-0.05, 0) is 34.1 Å². The van der Waals surface area contributed by atoms with Crippen LogP contribution >= 0.6 is 27.5 Å². The zero-order chi connectivity index (χ0) is 13.1. The normalized spacial score (nSPS) is 10.6. The standard InChI is InChI=1S/C11H8BrClN2O3/c12-7-5-6(1-2-8(7)13)11-14-9(18-15-11)3-4-10(16)17/h1-2,5H,3-4H2,(H,16,17). The van der Waals surface area contributed by atoms with Crippen LogP contribution in [0.5, 0.6) is 0 Å². The molecule has 0 aliphatic carbocycles. The van der Waals surface area contributed by atoms with Crippen molar-refractivity contribution < 1.29 is 14.4 Å². The van der Waals surface area contributed by atoms with Crippen molar-refractivity contribution in [3.05, 3.63) is 33.6 Å². The van der Waals surface area contributed by atoms with Crippen molar-refractivity contribution in [1.82, 2.24) is 10.1 Å². The van der Waals surface area contributed by atoms with E-state index in [-0.39, 0.29) is 12.8 Å². The Kier molecular flexibility index (Phi) is 3.98.